The highest BCUT2D eigenvalue weighted by molar-refractivity contribution is 9.10. The molecule has 1 aliphatic rings. The van der Waals surface area contributed by atoms with Crippen molar-refractivity contribution in [1.82, 2.24) is 4.57 Å². The molecule has 29 heavy (non-hydrogen) atoms. The van der Waals surface area contributed by atoms with Gasteiger partial charge in [0.25, 0.3) is 5.56 Å². The zero-order valence-electron chi connectivity index (χ0n) is 15.2. The number of allylic oxidation sites excluding steroid dienone is 4. The number of halogens is 4. The van der Waals surface area contributed by atoms with Crippen molar-refractivity contribution in [2.75, 3.05) is 6.61 Å². The summed E-state index contributed by atoms with van der Waals surface area (Å²) in [5.74, 6) is 0.113. The maximum absolute atomic E-state index is 12.6. The Kier molecular flexibility index (Phi) is 6.64. The van der Waals surface area contributed by atoms with Crippen molar-refractivity contribution in [3.8, 4) is 11.5 Å². The van der Waals surface area contributed by atoms with E-state index < -0.39 is 6.36 Å². The van der Waals surface area contributed by atoms with Gasteiger partial charge in [0.05, 0.1) is 6.54 Å². The van der Waals surface area contributed by atoms with Gasteiger partial charge < -0.3 is 14.0 Å². The molecule has 0 aliphatic heterocycles. The monoisotopic (exact) mass is 467 g/mol. The van der Waals surface area contributed by atoms with Gasteiger partial charge in [0.1, 0.15) is 22.6 Å². The summed E-state index contributed by atoms with van der Waals surface area (Å²) < 4.78 is 48.0. The lowest BCUT2D eigenvalue weighted by atomic mass is 10.2. The van der Waals surface area contributed by atoms with E-state index >= 15 is 0 Å². The minimum Gasteiger partial charge on any atom is -0.487 e. The third-order valence-electron chi connectivity index (χ3n) is 4.05. The van der Waals surface area contributed by atoms with Gasteiger partial charge in [-0.25, -0.2) is 0 Å². The van der Waals surface area contributed by atoms with Crippen LogP contribution in [0.25, 0.3) is 0 Å². The van der Waals surface area contributed by atoms with Crippen LogP contribution in [0.2, 0.25) is 0 Å². The first-order chi connectivity index (χ1) is 13.8. The van der Waals surface area contributed by atoms with Gasteiger partial charge in [-0.15, -0.1) is 13.2 Å². The summed E-state index contributed by atoms with van der Waals surface area (Å²) >= 11 is 3.28. The molecule has 1 aromatic carbocycles. The Bertz CT molecular complexity index is 1010. The summed E-state index contributed by atoms with van der Waals surface area (Å²) in [6.07, 6.45) is 7.58. The van der Waals surface area contributed by atoms with Crippen molar-refractivity contribution in [1.29, 1.82) is 0 Å². The van der Waals surface area contributed by atoms with Crippen LogP contribution in [0.15, 0.2) is 81.7 Å². The molecule has 3 rings (SSSR count). The van der Waals surface area contributed by atoms with E-state index in [1.54, 1.807) is 12.3 Å². The lowest BCUT2D eigenvalue weighted by Crippen LogP contribution is -2.21. The number of rotatable bonds is 6. The molecule has 0 fully saturated rings. The van der Waals surface area contributed by atoms with Crippen LogP contribution in [-0.2, 0) is 6.54 Å². The van der Waals surface area contributed by atoms with E-state index in [-0.39, 0.29) is 22.3 Å². The summed E-state index contributed by atoms with van der Waals surface area (Å²) in [5.41, 5.74) is 1.36. The molecule has 0 amide bonds. The molecule has 1 heterocycles. The highest BCUT2D eigenvalue weighted by atomic mass is 79.9. The van der Waals surface area contributed by atoms with E-state index in [1.165, 1.54) is 28.8 Å². The van der Waals surface area contributed by atoms with Crippen molar-refractivity contribution in [3.63, 3.8) is 0 Å². The van der Waals surface area contributed by atoms with Gasteiger partial charge in [-0.2, -0.15) is 0 Å². The van der Waals surface area contributed by atoms with Crippen LogP contribution in [0.1, 0.15) is 12.0 Å². The number of aromatic nitrogens is 1. The molecule has 8 heteroatoms. The topological polar surface area (TPSA) is 40.5 Å². The van der Waals surface area contributed by atoms with Crippen LogP contribution in [0.4, 0.5) is 13.2 Å². The van der Waals surface area contributed by atoms with E-state index in [0.29, 0.717) is 17.9 Å². The molecule has 2 aromatic rings. The zero-order chi connectivity index (χ0) is 20.9. The standard InChI is InChI=1S/C21H17BrF3NO3/c22-19-18(28-14-16-5-3-1-2-4-6-16)11-12-26(20(19)27)13-15-7-9-17(10-8-15)29-21(23,24)25/h1-3,5-12H,4,13-14H2. The van der Waals surface area contributed by atoms with E-state index in [4.69, 9.17) is 4.74 Å². The second kappa shape index (κ2) is 9.17. The first-order valence-corrected chi connectivity index (χ1v) is 9.50. The SMILES string of the molecule is O=c1c(Br)c(OCC2=CCC=CC=C2)ccn1Cc1ccc(OC(F)(F)F)cc1. The molecule has 0 saturated heterocycles. The van der Waals surface area contributed by atoms with Crippen molar-refractivity contribution in [3.05, 3.63) is 92.9 Å². The number of ether oxygens (including phenoxy) is 2. The highest BCUT2D eigenvalue weighted by Gasteiger charge is 2.30. The van der Waals surface area contributed by atoms with E-state index in [2.05, 4.69) is 20.7 Å². The summed E-state index contributed by atoms with van der Waals surface area (Å²) in [6.45, 7) is 0.532. The maximum atomic E-state index is 12.6. The molecule has 0 atom stereocenters. The van der Waals surface area contributed by atoms with Gasteiger partial charge >= 0.3 is 6.36 Å². The predicted octanol–water partition coefficient (Wildman–Crippen LogP) is 5.38. The molecule has 0 N–H and O–H groups in total. The van der Waals surface area contributed by atoms with Crippen LogP contribution in [0.3, 0.4) is 0 Å². The fourth-order valence-corrected chi connectivity index (χ4v) is 3.13. The Labute approximate surface area is 173 Å². The molecule has 1 aliphatic carbocycles. The van der Waals surface area contributed by atoms with Crippen molar-refractivity contribution < 1.29 is 22.6 Å². The third-order valence-corrected chi connectivity index (χ3v) is 4.78. The molecule has 0 unspecified atom stereocenters. The Morgan fingerprint density at radius 2 is 1.86 bits per heavy atom. The maximum Gasteiger partial charge on any atom is 0.573 e. The fraction of sp³-hybridized carbons (Fsp3) is 0.190. The largest absolute Gasteiger partial charge is 0.573 e. The Morgan fingerprint density at radius 1 is 1.10 bits per heavy atom. The highest BCUT2D eigenvalue weighted by Crippen LogP contribution is 2.24. The second-order valence-corrected chi connectivity index (χ2v) is 7.00. The fourth-order valence-electron chi connectivity index (χ4n) is 2.65. The quantitative estimate of drug-likeness (QED) is 0.572. The van der Waals surface area contributed by atoms with Crippen LogP contribution < -0.4 is 15.0 Å². The summed E-state index contributed by atoms with van der Waals surface area (Å²) in [7, 11) is 0. The van der Waals surface area contributed by atoms with E-state index in [1.807, 2.05) is 30.4 Å². The Balaban J connectivity index is 1.67. The van der Waals surface area contributed by atoms with Gasteiger partial charge in [0.2, 0.25) is 0 Å². The Morgan fingerprint density at radius 3 is 2.59 bits per heavy atom. The average Bonchev–Trinajstić information content (AvgIpc) is 2.94. The molecule has 0 saturated carbocycles. The van der Waals surface area contributed by atoms with Gasteiger partial charge in [-0.1, -0.05) is 42.5 Å². The van der Waals surface area contributed by atoms with Crippen molar-refractivity contribution in [2.24, 2.45) is 0 Å². The minimum atomic E-state index is -4.74. The molecule has 0 bridgehead atoms. The van der Waals surface area contributed by atoms with Gasteiger partial charge in [0.15, 0.2) is 0 Å². The van der Waals surface area contributed by atoms with Gasteiger partial charge in [-0.3, -0.25) is 4.79 Å². The summed E-state index contributed by atoms with van der Waals surface area (Å²) in [6, 6.07) is 7.05. The number of benzene rings is 1. The molecule has 0 spiro atoms. The average molecular weight is 468 g/mol. The molecule has 4 nitrogen and oxygen atoms in total. The molecular weight excluding hydrogens is 451 g/mol. The number of alkyl halides is 3. The number of hydrogen-bond donors (Lipinski definition) is 0. The molecule has 0 radical (unpaired) electrons. The first-order valence-electron chi connectivity index (χ1n) is 8.70. The molecule has 1 aromatic heterocycles. The van der Waals surface area contributed by atoms with Crippen LogP contribution in [-0.4, -0.2) is 17.5 Å². The van der Waals surface area contributed by atoms with Crippen LogP contribution in [0, 0.1) is 0 Å². The van der Waals surface area contributed by atoms with Gasteiger partial charge in [0, 0.05) is 6.20 Å². The normalized spacial score (nSPS) is 13.7. The van der Waals surface area contributed by atoms with Crippen molar-refractivity contribution >= 4 is 15.9 Å². The number of nitrogens with zero attached hydrogens (tertiary/aromatic N) is 1. The van der Waals surface area contributed by atoms with Crippen LogP contribution >= 0.6 is 15.9 Å². The number of hydrogen-bond acceptors (Lipinski definition) is 3. The van der Waals surface area contributed by atoms with Gasteiger partial charge in [-0.05, 0) is 51.7 Å². The summed E-state index contributed by atoms with van der Waals surface area (Å²) in [4.78, 5) is 12.6. The minimum absolute atomic E-state index is 0.198. The number of pyridine rings is 1. The lowest BCUT2D eigenvalue weighted by molar-refractivity contribution is -0.274. The third kappa shape index (κ3) is 6.12. The molecule has 152 valence electrons. The lowest BCUT2D eigenvalue weighted by Gasteiger charge is -2.12. The van der Waals surface area contributed by atoms with Crippen molar-refractivity contribution in [2.45, 2.75) is 19.3 Å². The second-order valence-electron chi connectivity index (χ2n) is 6.21. The summed E-state index contributed by atoms with van der Waals surface area (Å²) in [5, 5.41) is 0. The smallest absolute Gasteiger partial charge is 0.487 e. The predicted molar refractivity (Wildman–Crippen MR) is 107 cm³/mol. The zero-order valence-corrected chi connectivity index (χ0v) is 16.7. The van der Waals surface area contributed by atoms with Crippen LogP contribution in [0.5, 0.6) is 11.5 Å². The molecular formula is C21H17BrF3NO3. The van der Waals surface area contributed by atoms with E-state index in [9.17, 15) is 18.0 Å². The first kappa shape index (κ1) is 21.0. The Hall–Kier alpha value is -2.74. The van der Waals surface area contributed by atoms with E-state index in [0.717, 1.165) is 12.0 Å².